The van der Waals surface area contributed by atoms with Crippen LogP contribution in [0.15, 0.2) is 24.3 Å². The van der Waals surface area contributed by atoms with Crippen molar-refractivity contribution >= 4 is 34.7 Å². The Morgan fingerprint density at radius 3 is 2.68 bits per heavy atom. The second-order valence-corrected chi connectivity index (χ2v) is 4.79. The summed E-state index contributed by atoms with van der Waals surface area (Å²) >= 11 is 11.5. The highest BCUT2D eigenvalue weighted by Crippen LogP contribution is 2.22. The molecule has 0 aliphatic carbocycles. The van der Waals surface area contributed by atoms with Crippen LogP contribution in [-0.2, 0) is 6.42 Å². The Morgan fingerprint density at radius 2 is 2.00 bits per heavy atom. The zero-order chi connectivity index (χ0) is 13.8. The van der Waals surface area contributed by atoms with E-state index < -0.39 is 5.82 Å². The molecule has 0 fully saturated rings. The summed E-state index contributed by atoms with van der Waals surface area (Å²) < 4.78 is 13.3. The first-order valence-electron chi connectivity index (χ1n) is 5.84. The summed E-state index contributed by atoms with van der Waals surface area (Å²) in [4.78, 5) is 8.42. The number of halogens is 3. The molecular formula is C13H12Cl2FN3. The number of nitrogens with one attached hydrogen (secondary N) is 1. The van der Waals surface area contributed by atoms with Crippen LogP contribution in [0.4, 0.5) is 15.9 Å². The molecule has 6 heteroatoms. The molecule has 0 radical (unpaired) electrons. The molecular weight excluding hydrogens is 288 g/mol. The Labute approximate surface area is 120 Å². The van der Waals surface area contributed by atoms with Gasteiger partial charge in [0.15, 0.2) is 0 Å². The molecule has 0 amide bonds. The molecule has 0 atom stereocenters. The van der Waals surface area contributed by atoms with E-state index in [4.69, 9.17) is 23.2 Å². The van der Waals surface area contributed by atoms with Crippen molar-refractivity contribution in [3.63, 3.8) is 0 Å². The van der Waals surface area contributed by atoms with Crippen molar-refractivity contribution in [3.8, 4) is 0 Å². The Morgan fingerprint density at radius 1 is 1.21 bits per heavy atom. The molecule has 100 valence electrons. The summed E-state index contributed by atoms with van der Waals surface area (Å²) in [6.45, 7) is 2.03. The van der Waals surface area contributed by atoms with Gasteiger partial charge in [0.25, 0.3) is 0 Å². The first-order chi connectivity index (χ1) is 9.08. The third-order valence-corrected chi connectivity index (χ3v) is 2.91. The second-order valence-electron chi connectivity index (χ2n) is 4.00. The van der Waals surface area contributed by atoms with Crippen LogP contribution in [-0.4, -0.2) is 9.97 Å². The van der Waals surface area contributed by atoms with E-state index in [1.54, 1.807) is 12.1 Å². The van der Waals surface area contributed by atoms with Gasteiger partial charge < -0.3 is 5.32 Å². The largest absolute Gasteiger partial charge is 0.340 e. The fourth-order valence-electron chi connectivity index (χ4n) is 1.59. The van der Waals surface area contributed by atoms with E-state index in [1.165, 1.54) is 12.1 Å². The minimum absolute atomic E-state index is 0.0814. The molecule has 1 N–H and O–H groups in total. The average molecular weight is 300 g/mol. The maximum Gasteiger partial charge on any atom is 0.143 e. The van der Waals surface area contributed by atoms with Crippen LogP contribution in [0.2, 0.25) is 10.2 Å². The van der Waals surface area contributed by atoms with Crippen LogP contribution < -0.4 is 5.32 Å². The third-order valence-electron chi connectivity index (χ3n) is 2.41. The summed E-state index contributed by atoms with van der Waals surface area (Å²) in [6.07, 6.45) is 1.67. The van der Waals surface area contributed by atoms with Gasteiger partial charge in [0.05, 0.1) is 5.02 Å². The normalized spacial score (nSPS) is 10.5. The lowest BCUT2D eigenvalue weighted by Gasteiger charge is -2.08. The lowest BCUT2D eigenvalue weighted by molar-refractivity contribution is 0.629. The van der Waals surface area contributed by atoms with Crippen molar-refractivity contribution in [2.24, 2.45) is 0 Å². The highest BCUT2D eigenvalue weighted by atomic mass is 35.5. The van der Waals surface area contributed by atoms with Gasteiger partial charge in [-0.25, -0.2) is 14.4 Å². The van der Waals surface area contributed by atoms with E-state index in [1.807, 2.05) is 6.92 Å². The molecule has 0 spiro atoms. The molecule has 1 aromatic carbocycles. The molecule has 0 saturated carbocycles. The summed E-state index contributed by atoms with van der Waals surface area (Å²) in [6, 6.07) is 6.04. The molecule has 0 aliphatic heterocycles. The SMILES string of the molecule is CCCc1nc(Cl)cc(Nc2ccc(Cl)c(F)c2)n1. The molecule has 1 aromatic heterocycles. The maximum atomic E-state index is 13.3. The lowest BCUT2D eigenvalue weighted by atomic mass is 10.3. The highest BCUT2D eigenvalue weighted by molar-refractivity contribution is 6.30. The van der Waals surface area contributed by atoms with Crippen molar-refractivity contribution in [1.29, 1.82) is 0 Å². The number of benzene rings is 1. The highest BCUT2D eigenvalue weighted by Gasteiger charge is 2.05. The van der Waals surface area contributed by atoms with Gasteiger partial charge >= 0.3 is 0 Å². The Hall–Kier alpha value is -1.39. The van der Waals surface area contributed by atoms with E-state index >= 15 is 0 Å². The quantitative estimate of drug-likeness (QED) is 0.837. The van der Waals surface area contributed by atoms with Gasteiger partial charge in [-0.3, -0.25) is 0 Å². The molecule has 1 heterocycles. The molecule has 19 heavy (non-hydrogen) atoms. The van der Waals surface area contributed by atoms with E-state index in [2.05, 4.69) is 15.3 Å². The van der Waals surface area contributed by atoms with Gasteiger partial charge in [-0.05, 0) is 24.6 Å². The summed E-state index contributed by atoms with van der Waals surface area (Å²) in [5.41, 5.74) is 0.555. The first kappa shape index (κ1) is 14.0. The van der Waals surface area contributed by atoms with Crippen molar-refractivity contribution in [3.05, 3.63) is 46.1 Å². The van der Waals surface area contributed by atoms with Crippen LogP contribution in [0.3, 0.4) is 0 Å². The van der Waals surface area contributed by atoms with Gasteiger partial charge in [-0.1, -0.05) is 30.1 Å². The predicted molar refractivity (Wildman–Crippen MR) is 75.7 cm³/mol. The number of aryl methyl sites for hydroxylation is 1. The summed E-state index contributed by atoms with van der Waals surface area (Å²) in [7, 11) is 0. The van der Waals surface area contributed by atoms with Crippen molar-refractivity contribution in [2.75, 3.05) is 5.32 Å². The monoisotopic (exact) mass is 299 g/mol. The van der Waals surface area contributed by atoms with Crippen molar-refractivity contribution < 1.29 is 4.39 Å². The van der Waals surface area contributed by atoms with E-state index in [0.717, 1.165) is 12.8 Å². The number of nitrogens with zero attached hydrogens (tertiary/aromatic N) is 2. The number of anilines is 2. The van der Waals surface area contributed by atoms with Crippen molar-refractivity contribution in [2.45, 2.75) is 19.8 Å². The Kier molecular flexibility index (Phi) is 4.56. The maximum absolute atomic E-state index is 13.3. The molecule has 2 rings (SSSR count). The molecule has 2 aromatic rings. The Bertz CT molecular complexity index is 590. The second kappa shape index (κ2) is 6.17. The van der Waals surface area contributed by atoms with Crippen LogP contribution in [0.25, 0.3) is 0 Å². The minimum Gasteiger partial charge on any atom is -0.340 e. The van der Waals surface area contributed by atoms with E-state index in [-0.39, 0.29) is 5.02 Å². The first-order valence-corrected chi connectivity index (χ1v) is 6.59. The molecule has 0 bridgehead atoms. The number of hydrogen-bond acceptors (Lipinski definition) is 3. The standard InChI is InChI=1S/C13H12Cl2FN3/c1-2-3-12-18-11(15)7-13(19-12)17-8-4-5-9(14)10(16)6-8/h4-7H,2-3H2,1H3,(H,17,18,19). The summed E-state index contributed by atoms with van der Waals surface area (Å²) in [5, 5.41) is 3.42. The fourth-order valence-corrected chi connectivity index (χ4v) is 1.90. The number of rotatable bonds is 4. The molecule has 0 aliphatic rings. The molecule has 0 saturated heterocycles. The number of aromatic nitrogens is 2. The zero-order valence-electron chi connectivity index (χ0n) is 10.3. The Balaban J connectivity index is 2.24. The van der Waals surface area contributed by atoms with Gasteiger partial charge in [-0.2, -0.15) is 0 Å². The van der Waals surface area contributed by atoms with E-state index in [9.17, 15) is 4.39 Å². The van der Waals surface area contributed by atoms with Gasteiger partial charge in [-0.15, -0.1) is 0 Å². The van der Waals surface area contributed by atoms with Crippen LogP contribution in [0, 0.1) is 5.82 Å². The molecule has 3 nitrogen and oxygen atoms in total. The van der Waals surface area contributed by atoms with Crippen LogP contribution in [0.1, 0.15) is 19.2 Å². The van der Waals surface area contributed by atoms with Crippen LogP contribution in [0.5, 0.6) is 0 Å². The van der Waals surface area contributed by atoms with Crippen molar-refractivity contribution in [1.82, 2.24) is 9.97 Å². The molecule has 0 unspecified atom stereocenters. The topological polar surface area (TPSA) is 37.8 Å². The van der Waals surface area contributed by atoms with Gasteiger partial charge in [0.1, 0.15) is 22.6 Å². The van der Waals surface area contributed by atoms with Gasteiger partial charge in [0, 0.05) is 18.2 Å². The van der Waals surface area contributed by atoms with Crippen LogP contribution >= 0.6 is 23.2 Å². The zero-order valence-corrected chi connectivity index (χ0v) is 11.8. The average Bonchev–Trinajstić information content (AvgIpc) is 2.33. The summed E-state index contributed by atoms with van der Waals surface area (Å²) in [5.74, 6) is 0.706. The predicted octanol–water partition coefficient (Wildman–Crippen LogP) is 4.62. The van der Waals surface area contributed by atoms with Gasteiger partial charge in [0.2, 0.25) is 0 Å². The smallest absolute Gasteiger partial charge is 0.143 e. The number of hydrogen-bond donors (Lipinski definition) is 1. The minimum atomic E-state index is -0.486. The van der Waals surface area contributed by atoms with E-state index in [0.29, 0.717) is 22.5 Å². The third kappa shape index (κ3) is 3.78. The fraction of sp³-hybridized carbons (Fsp3) is 0.231. The lowest BCUT2D eigenvalue weighted by Crippen LogP contribution is -2.00.